The summed E-state index contributed by atoms with van der Waals surface area (Å²) in [4.78, 5) is 41.0. The molecule has 31 heavy (non-hydrogen) atoms. The van der Waals surface area contributed by atoms with Crippen LogP contribution in [0.2, 0.25) is 5.02 Å². The van der Waals surface area contributed by atoms with Gasteiger partial charge in [-0.05, 0) is 47.7 Å². The summed E-state index contributed by atoms with van der Waals surface area (Å²) >= 11 is 6.79. The molecule has 0 radical (unpaired) electrons. The Morgan fingerprint density at radius 3 is 2.68 bits per heavy atom. The fraction of sp³-hybridized carbons (Fsp3) is 0.227. The first-order valence-electron chi connectivity index (χ1n) is 9.74. The summed E-state index contributed by atoms with van der Waals surface area (Å²) in [5.41, 5.74) is 2.23. The zero-order valence-corrected chi connectivity index (χ0v) is 18.1. The number of thioether (sulfide) groups is 1. The van der Waals surface area contributed by atoms with Gasteiger partial charge in [-0.1, -0.05) is 35.9 Å². The van der Waals surface area contributed by atoms with E-state index in [1.54, 1.807) is 36.4 Å². The molecule has 0 spiro atoms. The first-order valence-corrected chi connectivity index (χ1v) is 10.9. The van der Waals surface area contributed by atoms with Crippen LogP contribution in [-0.4, -0.2) is 54.8 Å². The lowest BCUT2D eigenvalue weighted by Gasteiger charge is -2.30. The molecule has 2 saturated heterocycles. The molecule has 2 heterocycles. The highest BCUT2D eigenvalue weighted by Crippen LogP contribution is 2.33. The molecule has 0 aromatic heterocycles. The van der Waals surface area contributed by atoms with Crippen LogP contribution in [0.4, 0.5) is 16.2 Å². The van der Waals surface area contributed by atoms with Gasteiger partial charge in [0.2, 0.25) is 5.91 Å². The molecule has 2 aliphatic rings. The Bertz CT molecular complexity index is 1050. The van der Waals surface area contributed by atoms with E-state index in [1.165, 1.54) is 0 Å². The van der Waals surface area contributed by atoms with Crippen LogP contribution >= 0.6 is 23.4 Å². The second-order valence-corrected chi connectivity index (χ2v) is 8.42. The van der Waals surface area contributed by atoms with Crippen LogP contribution in [0.15, 0.2) is 53.4 Å². The van der Waals surface area contributed by atoms with Crippen molar-refractivity contribution < 1.29 is 19.1 Å². The number of halogens is 1. The molecule has 0 saturated carbocycles. The molecule has 9 heteroatoms. The molecule has 160 valence electrons. The second kappa shape index (κ2) is 9.55. The van der Waals surface area contributed by atoms with Gasteiger partial charge < -0.3 is 15.0 Å². The van der Waals surface area contributed by atoms with Crippen LogP contribution in [0.1, 0.15) is 5.56 Å². The maximum Gasteiger partial charge on any atom is 0.294 e. The van der Waals surface area contributed by atoms with Crippen LogP contribution in [-0.2, 0) is 14.3 Å². The number of carbonyl (C=O) groups excluding carboxylic acids is 3. The van der Waals surface area contributed by atoms with Gasteiger partial charge in [-0.2, -0.15) is 0 Å². The minimum Gasteiger partial charge on any atom is -0.378 e. The van der Waals surface area contributed by atoms with Crippen molar-refractivity contribution >= 4 is 57.9 Å². The highest BCUT2D eigenvalue weighted by atomic mass is 35.5. The van der Waals surface area contributed by atoms with Gasteiger partial charge >= 0.3 is 0 Å². The number of benzene rings is 2. The Kier molecular flexibility index (Phi) is 6.60. The van der Waals surface area contributed by atoms with Gasteiger partial charge in [-0.3, -0.25) is 19.3 Å². The number of para-hydroxylation sites is 2. The van der Waals surface area contributed by atoms with Gasteiger partial charge in [-0.25, -0.2) is 0 Å². The van der Waals surface area contributed by atoms with Crippen molar-refractivity contribution in [3.05, 3.63) is 64.0 Å². The van der Waals surface area contributed by atoms with Crippen molar-refractivity contribution in [1.82, 2.24) is 4.90 Å². The van der Waals surface area contributed by atoms with Gasteiger partial charge in [0, 0.05) is 18.1 Å². The fourth-order valence-electron chi connectivity index (χ4n) is 3.38. The van der Waals surface area contributed by atoms with Crippen molar-refractivity contribution in [2.24, 2.45) is 0 Å². The Morgan fingerprint density at radius 2 is 1.90 bits per heavy atom. The number of carbonyl (C=O) groups is 3. The predicted octanol–water partition coefficient (Wildman–Crippen LogP) is 3.85. The molecule has 4 rings (SSSR count). The maximum absolute atomic E-state index is 12.7. The third-order valence-electron chi connectivity index (χ3n) is 4.85. The summed E-state index contributed by atoms with van der Waals surface area (Å²) < 4.78 is 5.39. The second-order valence-electron chi connectivity index (χ2n) is 6.99. The Balaban J connectivity index is 1.44. The summed E-state index contributed by atoms with van der Waals surface area (Å²) in [6.07, 6.45) is 1.60. The number of nitrogens with one attached hydrogen (secondary N) is 1. The van der Waals surface area contributed by atoms with E-state index in [1.807, 2.05) is 18.2 Å². The van der Waals surface area contributed by atoms with Gasteiger partial charge in [0.15, 0.2) is 0 Å². The Morgan fingerprint density at radius 1 is 1.13 bits per heavy atom. The highest BCUT2D eigenvalue weighted by molar-refractivity contribution is 8.18. The number of ether oxygens (including phenoxy) is 1. The zero-order valence-electron chi connectivity index (χ0n) is 16.5. The third-order valence-corrected chi connectivity index (χ3v) is 5.99. The van der Waals surface area contributed by atoms with E-state index in [4.69, 9.17) is 16.3 Å². The topological polar surface area (TPSA) is 79.0 Å². The predicted molar refractivity (Wildman–Crippen MR) is 122 cm³/mol. The summed E-state index contributed by atoms with van der Waals surface area (Å²) in [5.74, 6) is -0.932. The minimum atomic E-state index is -0.494. The van der Waals surface area contributed by atoms with E-state index in [9.17, 15) is 14.4 Å². The van der Waals surface area contributed by atoms with E-state index in [0.717, 1.165) is 35.4 Å². The zero-order chi connectivity index (χ0) is 21.8. The number of hydrogen-bond acceptors (Lipinski definition) is 6. The average Bonchev–Trinajstić information content (AvgIpc) is 3.02. The molecule has 2 aromatic rings. The number of amides is 3. The van der Waals surface area contributed by atoms with E-state index < -0.39 is 17.1 Å². The lowest BCUT2D eigenvalue weighted by atomic mass is 10.2. The van der Waals surface area contributed by atoms with Gasteiger partial charge in [0.1, 0.15) is 6.54 Å². The number of morpholine rings is 1. The summed E-state index contributed by atoms with van der Waals surface area (Å²) in [5, 5.41) is 2.89. The van der Waals surface area contributed by atoms with Gasteiger partial charge in [0.05, 0.1) is 29.5 Å². The first-order chi connectivity index (χ1) is 15.0. The minimum absolute atomic E-state index is 0.258. The summed E-state index contributed by atoms with van der Waals surface area (Å²) in [6, 6.07) is 14.4. The summed E-state index contributed by atoms with van der Waals surface area (Å²) in [6.45, 7) is 2.35. The lowest BCUT2D eigenvalue weighted by molar-refractivity contribution is -0.127. The first kappa shape index (κ1) is 21.4. The number of hydrogen-bond donors (Lipinski definition) is 1. The molecular formula is C22H20ClN3O4S. The Hall–Kier alpha value is -2.81. The fourth-order valence-corrected chi connectivity index (χ4v) is 4.41. The lowest BCUT2D eigenvalue weighted by Crippen LogP contribution is -2.38. The van der Waals surface area contributed by atoms with E-state index >= 15 is 0 Å². The summed E-state index contributed by atoms with van der Waals surface area (Å²) in [7, 11) is 0. The normalized spacial score (nSPS) is 18.0. The molecule has 2 aromatic carbocycles. The monoisotopic (exact) mass is 457 g/mol. The average molecular weight is 458 g/mol. The quantitative estimate of drug-likeness (QED) is 0.687. The van der Waals surface area contributed by atoms with Gasteiger partial charge in [-0.15, -0.1) is 0 Å². The molecule has 0 unspecified atom stereocenters. The maximum atomic E-state index is 12.7. The molecule has 0 atom stereocenters. The van der Waals surface area contributed by atoms with Crippen molar-refractivity contribution in [2.75, 3.05) is 43.1 Å². The number of rotatable bonds is 5. The standard InChI is InChI=1S/C22H20ClN3O4S/c23-16-5-3-4-15(12-16)13-19-21(28)26(22(29)31-19)14-20(27)24-17-6-1-2-7-18(17)25-8-10-30-11-9-25/h1-7,12-13H,8-11,14H2,(H,24,27)/b19-13+. The van der Waals surface area contributed by atoms with Crippen molar-refractivity contribution in [1.29, 1.82) is 0 Å². The number of nitrogens with zero attached hydrogens (tertiary/aromatic N) is 2. The highest BCUT2D eigenvalue weighted by Gasteiger charge is 2.36. The van der Waals surface area contributed by atoms with Crippen LogP contribution in [0, 0.1) is 0 Å². The largest absolute Gasteiger partial charge is 0.378 e. The molecule has 1 N–H and O–H groups in total. The Labute approximate surface area is 189 Å². The van der Waals surface area contributed by atoms with Crippen LogP contribution < -0.4 is 10.2 Å². The molecule has 3 amide bonds. The molecular weight excluding hydrogens is 438 g/mol. The molecule has 2 fully saturated rings. The van der Waals surface area contributed by atoms with Crippen molar-refractivity contribution in [3.8, 4) is 0 Å². The smallest absolute Gasteiger partial charge is 0.294 e. The van der Waals surface area contributed by atoms with Crippen molar-refractivity contribution in [3.63, 3.8) is 0 Å². The third kappa shape index (κ3) is 5.10. The SMILES string of the molecule is O=C(CN1C(=O)S/C(=C/c2cccc(Cl)c2)C1=O)Nc1ccccc1N1CCOCC1. The molecule has 0 bridgehead atoms. The van der Waals surface area contributed by atoms with Crippen LogP contribution in [0.5, 0.6) is 0 Å². The molecule has 2 aliphatic heterocycles. The van der Waals surface area contributed by atoms with Gasteiger partial charge in [0.25, 0.3) is 11.1 Å². The van der Waals surface area contributed by atoms with E-state index in [2.05, 4.69) is 10.2 Å². The van der Waals surface area contributed by atoms with Crippen LogP contribution in [0.25, 0.3) is 6.08 Å². The van der Waals surface area contributed by atoms with Crippen LogP contribution in [0.3, 0.4) is 0 Å². The number of imide groups is 1. The van der Waals surface area contributed by atoms with E-state index in [0.29, 0.717) is 29.5 Å². The molecule has 0 aliphatic carbocycles. The number of anilines is 2. The van der Waals surface area contributed by atoms with E-state index in [-0.39, 0.29) is 11.4 Å². The molecule has 7 nitrogen and oxygen atoms in total. The van der Waals surface area contributed by atoms with Crippen molar-refractivity contribution in [2.45, 2.75) is 0 Å².